The van der Waals surface area contributed by atoms with Gasteiger partial charge < -0.3 is 10.2 Å². The van der Waals surface area contributed by atoms with E-state index in [2.05, 4.69) is 5.32 Å². The fourth-order valence-electron chi connectivity index (χ4n) is 6.25. The molecule has 0 bridgehead atoms. The number of benzene rings is 4. The van der Waals surface area contributed by atoms with Crippen molar-refractivity contribution in [3.8, 4) is 0 Å². The van der Waals surface area contributed by atoms with Crippen LogP contribution in [0.1, 0.15) is 54.4 Å². The Labute approximate surface area is 293 Å². The molecule has 1 unspecified atom stereocenters. The zero-order valence-electron chi connectivity index (χ0n) is 27.2. The van der Waals surface area contributed by atoms with E-state index in [1.165, 1.54) is 17.0 Å². The zero-order chi connectivity index (χ0) is 34.3. The normalized spacial score (nSPS) is 14.2. The fraction of sp³-hybridized carbons (Fsp3) is 0.316. The number of hydrogen-bond donors (Lipinski definition) is 1. The molecule has 0 spiro atoms. The second kappa shape index (κ2) is 16.0. The summed E-state index contributed by atoms with van der Waals surface area (Å²) in [5.74, 6) is -0.826. The maximum atomic E-state index is 14.8. The minimum Gasteiger partial charge on any atom is -0.352 e. The van der Waals surface area contributed by atoms with Gasteiger partial charge in [0.05, 0.1) is 10.6 Å². The molecule has 0 heterocycles. The van der Waals surface area contributed by atoms with E-state index in [0.717, 1.165) is 47.5 Å². The number of carbonyl (C=O) groups is 2. The molecule has 252 valence electrons. The lowest BCUT2D eigenvalue weighted by molar-refractivity contribution is -0.140. The van der Waals surface area contributed by atoms with Crippen LogP contribution < -0.4 is 9.62 Å². The lowest BCUT2D eigenvalue weighted by Crippen LogP contribution is -2.55. The number of hydrogen-bond acceptors (Lipinski definition) is 4. The van der Waals surface area contributed by atoms with Gasteiger partial charge in [0.15, 0.2) is 0 Å². The number of sulfonamides is 1. The molecule has 5 rings (SSSR count). The number of rotatable bonds is 12. The highest BCUT2D eigenvalue weighted by Crippen LogP contribution is 2.30. The highest BCUT2D eigenvalue weighted by molar-refractivity contribution is 7.92. The van der Waals surface area contributed by atoms with E-state index < -0.39 is 28.5 Å². The summed E-state index contributed by atoms with van der Waals surface area (Å²) in [5, 5.41) is 4.00. The predicted molar refractivity (Wildman–Crippen MR) is 193 cm³/mol. The number of carbonyl (C=O) groups excluding carboxylic acids is 2. The summed E-state index contributed by atoms with van der Waals surface area (Å²) in [6.45, 7) is 3.18. The third-order valence-corrected chi connectivity index (χ3v) is 11.2. The summed E-state index contributed by atoms with van der Waals surface area (Å²) in [4.78, 5) is 30.6. The molecule has 1 N–H and O–H groups in total. The molecule has 0 radical (unpaired) electrons. The maximum absolute atomic E-state index is 14.8. The van der Waals surface area contributed by atoms with Crippen molar-refractivity contribution in [2.45, 2.75) is 75.9 Å². The molecule has 48 heavy (non-hydrogen) atoms. The minimum absolute atomic E-state index is 0.00533. The average Bonchev–Trinajstić information content (AvgIpc) is 3.07. The molecule has 1 fully saturated rings. The van der Waals surface area contributed by atoms with Crippen molar-refractivity contribution in [2.75, 3.05) is 10.8 Å². The molecule has 0 saturated heterocycles. The number of nitrogens with zero attached hydrogens (tertiary/aromatic N) is 2. The van der Waals surface area contributed by atoms with Gasteiger partial charge in [0.1, 0.15) is 12.6 Å². The average molecular weight is 707 g/mol. The summed E-state index contributed by atoms with van der Waals surface area (Å²) in [7, 11) is -4.19. The molecule has 7 nitrogen and oxygen atoms in total. The van der Waals surface area contributed by atoms with Crippen LogP contribution in [0.3, 0.4) is 0 Å². The van der Waals surface area contributed by atoms with E-state index >= 15 is 0 Å². The Hall–Kier alpha value is -3.85. The Morgan fingerprint density at radius 3 is 2.17 bits per heavy atom. The molecular weight excluding hydrogens is 665 g/mol. The predicted octanol–water partition coefficient (Wildman–Crippen LogP) is 7.89. The van der Waals surface area contributed by atoms with E-state index in [1.54, 1.807) is 42.5 Å². The van der Waals surface area contributed by atoms with Gasteiger partial charge in [-0.3, -0.25) is 13.9 Å². The van der Waals surface area contributed by atoms with Gasteiger partial charge >= 0.3 is 0 Å². The zero-order valence-corrected chi connectivity index (χ0v) is 29.6. The minimum atomic E-state index is -4.19. The summed E-state index contributed by atoms with van der Waals surface area (Å²) in [6.07, 6.45) is 5.15. The van der Waals surface area contributed by atoms with Crippen molar-refractivity contribution in [2.24, 2.45) is 0 Å². The van der Waals surface area contributed by atoms with Crippen molar-refractivity contribution < 1.29 is 18.0 Å². The van der Waals surface area contributed by atoms with Crippen molar-refractivity contribution in [1.29, 1.82) is 0 Å². The van der Waals surface area contributed by atoms with Gasteiger partial charge in [0.2, 0.25) is 11.8 Å². The lowest BCUT2D eigenvalue weighted by Gasteiger charge is -2.35. The van der Waals surface area contributed by atoms with E-state index in [-0.39, 0.29) is 29.8 Å². The van der Waals surface area contributed by atoms with Crippen LogP contribution in [-0.4, -0.2) is 43.8 Å². The molecule has 4 aromatic carbocycles. The molecule has 10 heteroatoms. The summed E-state index contributed by atoms with van der Waals surface area (Å²) < 4.78 is 29.7. The van der Waals surface area contributed by atoms with E-state index in [9.17, 15) is 18.0 Å². The number of halogens is 2. The SMILES string of the molecule is Cc1ccc(N(CC(=O)N(Cc2ccc(Cl)cc2Cl)C(Cc2ccccc2)C(=O)NC2CCCCC2)S(=O)(=O)c2ccccc2)c(C)c1. The second-order valence-electron chi connectivity index (χ2n) is 12.4. The molecule has 1 aliphatic carbocycles. The maximum Gasteiger partial charge on any atom is 0.264 e. The van der Waals surface area contributed by atoms with Gasteiger partial charge in [-0.1, -0.05) is 115 Å². The van der Waals surface area contributed by atoms with E-state index in [0.29, 0.717) is 26.9 Å². The van der Waals surface area contributed by atoms with Crippen LogP contribution in [0.5, 0.6) is 0 Å². The Kier molecular flexibility index (Phi) is 11.8. The molecule has 0 aromatic heterocycles. The smallest absolute Gasteiger partial charge is 0.264 e. The standard InChI is InChI=1S/C38H41Cl2N3O4S/c1-27-18-21-35(28(2)22-27)43(48(46,47)33-16-10-5-11-17-33)26-37(44)42(25-30-19-20-31(39)24-34(30)40)36(23-29-12-6-3-7-13-29)38(45)41-32-14-8-4-9-15-32/h3,5-7,10-13,16-22,24,32,36H,4,8-9,14-15,23,25-26H2,1-2H3,(H,41,45). The Morgan fingerprint density at radius 2 is 1.52 bits per heavy atom. The van der Waals surface area contributed by atoms with Crippen LogP contribution in [0, 0.1) is 13.8 Å². The number of nitrogens with one attached hydrogen (secondary N) is 1. The van der Waals surface area contributed by atoms with Crippen molar-refractivity contribution >= 4 is 50.7 Å². The van der Waals surface area contributed by atoms with Gasteiger partial charge in [0, 0.05) is 29.1 Å². The van der Waals surface area contributed by atoms with Gasteiger partial charge in [0.25, 0.3) is 10.0 Å². The quantitative estimate of drug-likeness (QED) is 0.162. The Balaban J connectivity index is 1.59. The first-order valence-electron chi connectivity index (χ1n) is 16.3. The van der Waals surface area contributed by atoms with Crippen molar-refractivity contribution in [1.82, 2.24) is 10.2 Å². The first-order valence-corrected chi connectivity index (χ1v) is 18.5. The summed E-state index contributed by atoms with van der Waals surface area (Å²) >= 11 is 12.9. The van der Waals surface area contributed by atoms with Crippen LogP contribution in [0.2, 0.25) is 10.0 Å². The lowest BCUT2D eigenvalue weighted by atomic mass is 9.94. The molecule has 2 amide bonds. The third-order valence-electron chi connectivity index (χ3n) is 8.81. The Morgan fingerprint density at radius 1 is 0.854 bits per heavy atom. The number of amides is 2. The van der Waals surface area contributed by atoms with Crippen LogP contribution in [0.25, 0.3) is 0 Å². The van der Waals surface area contributed by atoms with Crippen molar-refractivity contribution in [3.63, 3.8) is 0 Å². The van der Waals surface area contributed by atoms with Crippen LogP contribution in [-0.2, 0) is 32.6 Å². The molecule has 0 aliphatic heterocycles. The largest absolute Gasteiger partial charge is 0.352 e. The van der Waals surface area contributed by atoms with E-state index in [4.69, 9.17) is 23.2 Å². The van der Waals surface area contributed by atoms with Crippen LogP contribution in [0.4, 0.5) is 5.69 Å². The first-order chi connectivity index (χ1) is 23.0. The van der Waals surface area contributed by atoms with Gasteiger partial charge in [-0.05, 0) is 73.7 Å². The fourth-order valence-corrected chi connectivity index (χ4v) is 8.22. The van der Waals surface area contributed by atoms with Gasteiger partial charge in [-0.15, -0.1) is 0 Å². The van der Waals surface area contributed by atoms with Gasteiger partial charge in [-0.2, -0.15) is 0 Å². The van der Waals surface area contributed by atoms with E-state index in [1.807, 2.05) is 56.3 Å². The monoisotopic (exact) mass is 705 g/mol. The summed E-state index contributed by atoms with van der Waals surface area (Å²) in [6, 6.07) is 27.1. The number of aryl methyl sites for hydroxylation is 2. The number of anilines is 1. The summed E-state index contributed by atoms with van der Waals surface area (Å²) in [5.41, 5.74) is 3.49. The molecule has 1 saturated carbocycles. The molecule has 1 atom stereocenters. The molecule has 4 aromatic rings. The topological polar surface area (TPSA) is 86.8 Å². The van der Waals surface area contributed by atoms with Crippen LogP contribution >= 0.6 is 23.2 Å². The third kappa shape index (κ3) is 8.78. The highest BCUT2D eigenvalue weighted by Gasteiger charge is 2.36. The van der Waals surface area contributed by atoms with Gasteiger partial charge in [-0.25, -0.2) is 8.42 Å². The van der Waals surface area contributed by atoms with Crippen LogP contribution in [0.15, 0.2) is 102 Å². The Bertz CT molecular complexity index is 1830. The second-order valence-corrected chi connectivity index (χ2v) is 15.1. The highest BCUT2D eigenvalue weighted by atomic mass is 35.5. The molecule has 1 aliphatic rings. The first kappa shape index (κ1) is 35.5. The molecular formula is C38H41Cl2N3O4S. The van der Waals surface area contributed by atoms with Crippen molar-refractivity contribution in [3.05, 3.63) is 129 Å².